The van der Waals surface area contributed by atoms with E-state index in [9.17, 15) is 18.3 Å². The highest BCUT2D eigenvalue weighted by Gasteiger charge is 2.26. The van der Waals surface area contributed by atoms with Crippen molar-refractivity contribution in [2.24, 2.45) is 0 Å². The average molecular weight is 500 g/mol. The molecule has 2 heterocycles. The number of hydrogen-bond acceptors (Lipinski definition) is 8. The number of hydrogen-bond donors (Lipinski definition) is 2. The van der Waals surface area contributed by atoms with Gasteiger partial charge in [-0.3, -0.25) is 14.7 Å². The van der Waals surface area contributed by atoms with E-state index < -0.39 is 10.0 Å². The van der Waals surface area contributed by atoms with Crippen molar-refractivity contribution >= 4 is 27.0 Å². The maximum absolute atomic E-state index is 12.8. The number of aliphatic hydroxyl groups excluding tert-OH is 1. The lowest BCUT2D eigenvalue weighted by atomic mass is 10.1. The first-order valence-corrected chi connectivity index (χ1v) is 12.7. The molecule has 186 valence electrons. The zero-order chi connectivity index (χ0) is 25.0. The van der Waals surface area contributed by atoms with Gasteiger partial charge in [-0.05, 0) is 24.1 Å². The topological polar surface area (TPSA) is 125 Å². The lowest BCUT2D eigenvalue weighted by Crippen LogP contribution is -2.39. The monoisotopic (exact) mass is 499 g/mol. The quantitative estimate of drug-likeness (QED) is 0.450. The third-order valence-electron chi connectivity index (χ3n) is 5.89. The van der Waals surface area contributed by atoms with Gasteiger partial charge in [-0.1, -0.05) is 30.3 Å². The maximum Gasteiger partial charge on any atom is 0.258 e. The van der Waals surface area contributed by atoms with Crippen LogP contribution in [-0.2, 0) is 14.8 Å². The summed E-state index contributed by atoms with van der Waals surface area (Å²) in [5.74, 6) is -0.0690. The summed E-state index contributed by atoms with van der Waals surface area (Å²) in [6, 6.07) is 12.3. The molecule has 0 bridgehead atoms. The molecule has 10 nitrogen and oxygen atoms in total. The Bertz CT molecular complexity index is 1290. The number of carbonyl (C=O) groups excluding carboxylic acids is 1. The minimum absolute atomic E-state index is 0.0133. The third-order valence-corrected chi connectivity index (χ3v) is 7.74. The van der Waals surface area contributed by atoms with E-state index in [4.69, 9.17) is 4.74 Å². The number of likely N-dealkylation sites (tertiary alicyclic amines) is 1. The van der Waals surface area contributed by atoms with E-state index >= 15 is 0 Å². The molecule has 1 amide bonds. The fourth-order valence-electron chi connectivity index (χ4n) is 4.06. The number of aliphatic hydroxyl groups is 1. The van der Waals surface area contributed by atoms with Crippen molar-refractivity contribution in [1.82, 2.24) is 24.5 Å². The minimum atomic E-state index is -3.74. The van der Waals surface area contributed by atoms with E-state index in [1.165, 1.54) is 38.6 Å². The zero-order valence-corrected chi connectivity index (χ0v) is 20.5. The molecule has 35 heavy (non-hydrogen) atoms. The molecule has 1 fully saturated rings. The van der Waals surface area contributed by atoms with Crippen molar-refractivity contribution in [3.8, 4) is 5.75 Å². The second kappa shape index (κ2) is 10.6. The van der Waals surface area contributed by atoms with Crippen LogP contribution in [0.2, 0.25) is 0 Å². The number of fused-ring (bicyclic) bond motifs is 1. The van der Waals surface area contributed by atoms with E-state index in [0.717, 1.165) is 16.4 Å². The molecule has 1 aliphatic heterocycles. The molecule has 1 saturated heterocycles. The fraction of sp³-hybridized carbons (Fsp3) is 0.375. The number of amides is 1. The van der Waals surface area contributed by atoms with E-state index in [1.807, 2.05) is 30.3 Å². The van der Waals surface area contributed by atoms with Gasteiger partial charge in [0.1, 0.15) is 21.7 Å². The number of sulfonamides is 1. The van der Waals surface area contributed by atoms with Crippen LogP contribution < -0.4 is 10.1 Å². The first-order chi connectivity index (χ1) is 16.8. The van der Waals surface area contributed by atoms with Crippen molar-refractivity contribution in [3.63, 3.8) is 0 Å². The zero-order valence-electron chi connectivity index (χ0n) is 19.7. The molecule has 0 aliphatic carbocycles. The number of nitrogens with zero attached hydrogens (tertiary/aromatic N) is 4. The first-order valence-electron chi connectivity index (χ1n) is 11.3. The molecular formula is C24H29N5O5S. The maximum atomic E-state index is 12.8. The summed E-state index contributed by atoms with van der Waals surface area (Å²) in [6.45, 7) is 1.63. The molecule has 0 radical (unpaired) electrons. The Morgan fingerprint density at radius 2 is 1.89 bits per heavy atom. The number of nitrogens with one attached hydrogen (secondary N) is 1. The number of ether oxygens (including phenoxy) is 1. The fourth-order valence-corrected chi connectivity index (χ4v) is 5.09. The van der Waals surface area contributed by atoms with Gasteiger partial charge in [-0.2, -0.15) is 0 Å². The molecule has 2 atom stereocenters. The van der Waals surface area contributed by atoms with Gasteiger partial charge in [0.05, 0.1) is 12.1 Å². The van der Waals surface area contributed by atoms with Gasteiger partial charge in [0, 0.05) is 46.1 Å². The lowest BCUT2D eigenvalue weighted by molar-refractivity contribution is -0.124. The predicted molar refractivity (Wildman–Crippen MR) is 130 cm³/mol. The lowest BCUT2D eigenvalue weighted by Gasteiger charge is -2.25. The Morgan fingerprint density at radius 3 is 2.54 bits per heavy atom. The molecule has 1 aliphatic rings. The van der Waals surface area contributed by atoms with Crippen LogP contribution in [0.15, 0.2) is 59.8 Å². The molecule has 0 saturated carbocycles. The summed E-state index contributed by atoms with van der Waals surface area (Å²) < 4.78 is 32.2. The highest BCUT2D eigenvalue weighted by atomic mass is 32.2. The van der Waals surface area contributed by atoms with Crippen LogP contribution >= 0.6 is 0 Å². The van der Waals surface area contributed by atoms with Crippen LogP contribution in [0, 0.1) is 0 Å². The Balaban J connectivity index is 1.50. The highest BCUT2D eigenvalue weighted by molar-refractivity contribution is 7.89. The van der Waals surface area contributed by atoms with E-state index in [2.05, 4.69) is 20.2 Å². The normalized spacial score (nSPS) is 17.5. The van der Waals surface area contributed by atoms with Crippen LogP contribution in [0.5, 0.6) is 5.75 Å². The number of rotatable bonds is 9. The van der Waals surface area contributed by atoms with Gasteiger partial charge in [0.15, 0.2) is 6.61 Å². The summed E-state index contributed by atoms with van der Waals surface area (Å²) in [4.78, 5) is 23.4. The Hall–Kier alpha value is -3.12. The van der Waals surface area contributed by atoms with Crippen LogP contribution in [0.4, 0.5) is 0 Å². The first kappa shape index (κ1) is 25.0. The number of carbonyl (C=O) groups is 1. The van der Waals surface area contributed by atoms with Gasteiger partial charge in [0.2, 0.25) is 10.0 Å². The standard InChI is InChI=1S/C24H29N5O5S/c1-28(2)35(32,33)21-9-8-20(23-24(21)26-12-11-25-23)34-16-22(31)27-19(17-6-4-3-5-7-17)15-29-13-10-18(30)14-29/h3-9,11-12,18-19,30H,10,13-16H2,1-2H3,(H,27,31)/t18-,19+/m0/s1. The third kappa shape index (κ3) is 5.76. The second-order valence-electron chi connectivity index (χ2n) is 8.62. The van der Waals surface area contributed by atoms with Crippen molar-refractivity contribution in [2.45, 2.75) is 23.5 Å². The molecule has 3 aromatic rings. The Kier molecular flexibility index (Phi) is 7.60. The smallest absolute Gasteiger partial charge is 0.258 e. The number of benzene rings is 2. The SMILES string of the molecule is CN(C)S(=O)(=O)c1ccc(OCC(=O)N[C@H](CN2CC[C@H](O)C2)c2ccccc2)c2nccnc12. The summed E-state index contributed by atoms with van der Waals surface area (Å²) >= 11 is 0. The molecule has 2 aromatic carbocycles. The number of aromatic nitrogens is 2. The van der Waals surface area contributed by atoms with Crippen LogP contribution in [0.25, 0.3) is 11.0 Å². The molecule has 11 heteroatoms. The van der Waals surface area contributed by atoms with Crippen molar-refractivity contribution in [3.05, 3.63) is 60.4 Å². The largest absolute Gasteiger partial charge is 0.481 e. The average Bonchev–Trinajstić information content (AvgIpc) is 3.26. The summed E-state index contributed by atoms with van der Waals surface area (Å²) in [7, 11) is -0.855. The van der Waals surface area contributed by atoms with Gasteiger partial charge < -0.3 is 15.2 Å². The van der Waals surface area contributed by atoms with E-state index in [1.54, 1.807) is 0 Å². The second-order valence-corrected chi connectivity index (χ2v) is 10.7. The molecular weight excluding hydrogens is 470 g/mol. The van der Waals surface area contributed by atoms with Gasteiger partial charge in [-0.15, -0.1) is 0 Å². The Labute approximate surface area is 204 Å². The molecule has 0 unspecified atom stereocenters. The minimum Gasteiger partial charge on any atom is -0.481 e. The van der Waals surface area contributed by atoms with Gasteiger partial charge in [-0.25, -0.2) is 17.7 Å². The summed E-state index contributed by atoms with van der Waals surface area (Å²) in [6.07, 6.45) is 3.22. The molecule has 1 aromatic heterocycles. The van der Waals surface area contributed by atoms with E-state index in [0.29, 0.717) is 19.5 Å². The van der Waals surface area contributed by atoms with E-state index in [-0.39, 0.29) is 46.3 Å². The van der Waals surface area contributed by atoms with Crippen molar-refractivity contribution < 1.29 is 23.1 Å². The van der Waals surface area contributed by atoms with Crippen LogP contribution in [0.3, 0.4) is 0 Å². The number of β-amino-alcohol motifs (C(OH)–C–C–N with tert-alkyl or cyclic N) is 1. The molecule has 4 rings (SSSR count). The van der Waals surface area contributed by atoms with Crippen molar-refractivity contribution in [1.29, 1.82) is 0 Å². The summed E-state index contributed by atoms with van der Waals surface area (Å²) in [5.41, 5.74) is 1.39. The highest BCUT2D eigenvalue weighted by Crippen LogP contribution is 2.29. The molecule has 0 spiro atoms. The van der Waals surface area contributed by atoms with Crippen molar-refractivity contribution in [2.75, 3.05) is 40.3 Å². The van der Waals surface area contributed by atoms with Crippen LogP contribution in [-0.4, -0.2) is 85.0 Å². The van der Waals surface area contributed by atoms with Crippen LogP contribution in [0.1, 0.15) is 18.0 Å². The summed E-state index contributed by atoms with van der Waals surface area (Å²) in [5, 5.41) is 12.9. The predicted octanol–water partition coefficient (Wildman–Crippen LogP) is 1.18. The van der Waals surface area contributed by atoms with Gasteiger partial charge >= 0.3 is 0 Å². The molecule has 2 N–H and O–H groups in total. The van der Waals surface area contributed by atoms with Gasteiger partial charge in [0.25, 0.3) is 5.91 Å². The Morgan fingerprint density at radius 1 is 1.17 bits per heavy atom.